The Morgan fingerprint density at radius 2 is 1.92 bits per heavy atom. The number of nitrogens with one attached hydrogen (secondary N) is 2. The zero-order valence-corrected chi connectivity index (χ0v) is 20.7. The van der Waals surface area contributed by atoms with E-state index in [9.17, 15) is 23.9 Å². The molecule has 2 heterocycles. The number of aromatic hydroxyl groups is 1. The molecule has 0 saturated carbocycles. The fourth-order valence-corrected chi connectivity index (χ4v) is 3.73. The fourth-order valence-electron chi connectivity index (χ4n) is 3.73. The number of hydrogen-bond acceptors (Lipinski definition) is 6. The molecule has 11 heteroatoms. The minimum absolute atomic E-state index is 0.0325. The third-order valence-electron chi connectivity index (χ3n) is 5.50. The first-order valence-electron chi connectivity index (χ1n) is 11.4. The van der Waals surface area contributed by atoms with E-state index >= 15 is 0 Å². The van der Waals surface area contributed by atoms with Crippen LogP contribution in [0.25, 0.3) is 11.0 Å². The number of aromatic nitrogens is 2. The van der Waals surface area contributed by atoms with Gasteiger partial charge in [-0.1, -0.05) is 12.1 Å². The number of ether oxygens (including phenoxy) is 1. The van der Waals surface area contributed by atoms with Gasteiger partial charge in [-0.15, -0.1) is 0 Å². The zero-order valence-electron chi connectivity index (χ0n) is 20.7. The van der Waals surface area contributed by atoms with Gasteiger partial charge in [-0.2, -0.15) is 0 Å². The largest absolute Gasteiger partial charge is 0.505 e. The molecule has 1 unspecified atom stereocenters. The van der Waals surface area contributed by atoms with Crippen molar-refractivity contribution in [2.75, 3.05) is 34.4 Å². The maximum Gasteiger partial charge on any atom is 0.316 e. The summed E-state index contributed by atoms with van der Waals surface area (Å²) in [6, 6.07) is 6.95. The predicted molar refractivity (Wildman–Crippen MR) is 133 cm³/mol. The van der Waals surface area contributed by atoms with Crippen LogP contribution in [-0.2, 0) is 17.7 Å². The van der Waals surface area contributed by atoms with Gasteiger partial charge in [0.2, 0.25) is 0 Å². The molecule has 192 valence electrons. The fraction of sp³-hybridized carbons (Fsp3) is 0.360. The second-order valence-electron chi connectivity index (χ2n) is 8.65. The standard InChI is InChI=1S/C25H30FN5O5/c1-15(14-36-4)29-23(33)20-22(32)21-19(31(24(20)34)10-9-27-25(35)30(2)3)12-17(13-28-21)11-16-5-7-18(26)8-6-16/h5-8,12-13,15,32H,9-11,14H2,1-4H3,(H,27,35)(H,29,33). The zero-order chi connectivity index (χ0) is 26.4. The molecule has 0 bridgehead atoms. The number of rotatable bonds is 9. The van der Waals surface area contributed by atoms with Gasteiger partial charge in [-0.25, -0.2) is 9.18 Å². The monoisotopic (exact) mass is 499 g/mol. The lowest BCUT2D eigenvalue weighted by atomic mass is 10.1. The molecule has 2 aromatic heterocycles. The number of benzene rings is 1. The number of amides is 3. The van der Waals surface area contributed by atoms with E-state index in [1.165, 1.54) is 34.9 Å². The summed E-state index contributed by atoms with van der Waals surface area (Å²) in [5.74, 6) is -1.63. The van der Waals surface area contributed by atoms with Gasteiger partial charge in [-0.3, -0.25) is 14.6 Å². The number of carbonyl (C=O) groups is 2. The minimum Gasteiger partial charge on any atom is -0.505 e. The van der Waals surface area contributed by atoms with E-state index in [2.05, 4.69) is 15.6 Å². The molecule has 0 spiro atoms. The van der Waals surface area contributed by atoms with Crippen LogP contribution in [0.1, 0.15) is 28.4 Å². The van der Waals surface area contributed by atoms with Crippen LogP contribution in [0.15, 0.2) is 41.3 Å². The summed E-state index contributed by atoms with van der Waals surface area (Å²) >= 11 is 0. The highest BCUT2D eigenvalue weighted by Crippen LogP contribution is 2.26. The molecule has 3 rings (SSSR count). The molecule has 0 radical (unpaired) electrons. The normalized spacial score (nSPS) is 11.8. The maximum atomic E-state index is 13.4. The number of methoxy groups -OCH3 is 1. The SMILES string of the molecule is COCC(C)NC(=O)c1c(O)c2ncc(Cc3ccc(F)cc3)cc2n(CCNC(=O)N(C)C)c1=O. The second kappa shape index (κ2) is 11.6. The summed E-state index contributed by atoms with van der Waals surface area (Å²) in [5, 5.41) is 16.2. The quantitative estimate of drug-likeness (QED) is 0.413. The number of carbonyl (C=O) groups excluding carboxylic acids is 2. The number of fused-ring (bicyclic) bond motifs is 1. The van der Waals surface area contributed by atoms with Crippen LogP contribution in [0, 0.1) is 5.82 Å². The molecule has 0 aliphatic carbocycles. The van der Waals surface area contributed by atoms with Gasteiger partial charge in [0.25, 0.3) is 11.5 Å². The summed E-state index contributed by atoms with van der Waals surface area (Å²) in [6.07, 6.45) is 1.94. The lowest BCUT2D eigenvalue weighted by Gasteiger charge is -2.18. The van der Waals surface area contributed by atoms with Crippen LogP contribution in [0.5, 0.6) is 5.75 Å². The lowest BCUT2D eigenvalue weighted by Crippen LogP contribution is -2.41. The highest BCUT2D eigenvalue weighted by atomic mass is 19.1. The number of nitrogens with zero attached hydrogens (tertiary/aromatic N) is 3. The summed E-state index contributed by atoms with van der Waals surface area (Å²) < 4.78 is 19.6. The van der Waals surface area contributed by atoms with Crippen molar-refractivity contribution in [1.29, 1.82) is 0 Å². The van der Waals surface area contributed by atoms with Crippen molar-refractivity contribution in [3.05, 3.63) is 69.4 Å². The summed E-state index contributed by atoms with van der Waals surface area (Å²) in [5.41, 5.74) is 0.755. The number of pyridine rings is 2. The van der Waals surface area contributed by atoms with E-state index < -0.39 is 28.8 Å². The Morgan fingerprint density at radius 1 is 1.22 bits per heavy atom. The van der Waals surface area contributed by atoms with E-state index in [0.717, 1.165) is 5.56 Å². The van der Waals surface area contributed by atoms with Crippen molar-refractivity contribution in [1.82, 2.24) is 25.1 Å². The van der Waals surface area contributed by atoms with Gasteiger partial charge in [0, 0.05) is 46.5 Å². The van der Waals surface area contributed by atoms with Crippen LogP contribution in [0.4, 0.5) is 9.18 Å². The average molecular weight is 500 g/mol. The van der Waals surface area contributed by atoms with E-state index in [1.54, 1.807) is 39.2 Å². The third-order valence-corrected chi connectivity index (χ3v) is 5.50. The Kier molecular flexibility index (Phi) is 8.59. The first-order chi connectivity index (χ1) is 17.1. The first-order valence-corrected chi connectivity index (χ1v) is 11.4. The molecule has 0 aliphatic rings. The first kappa shape index (κ1) is 26.6. The molecule has 1 aromatic carbocycles. The summed E-state index contributed by atoms with van der Waals surface area (Å²) in [4.78, 5) is 44.0. The molecule has 0 aliphatic heterocycles. The Balaban J connectivity index is 2.06. The van der Waals surface area contributed by atoms with E-state index in [-0.39, 0.29) is 37.1 Å². The molecule has 10 nitrogen and oxygen atoms in total. The molecule has 36 heavy (non-hydrogen) atoms. The topological polar surface area (TPSA) is 126 Å². The summed E-state index contributed by atoms with van der Waals surface area (Å²) in [7, 11) is 4.66. The molecular weight excluding hydrogens is 469 g/mol. The molecule has 0 fully saturated rings. The van der Waals surface area contributed by atoms with E-state index in [0.29, 0.717) is 17.5 Å². The Hall–Kier alpha value is -3.99. The Morgan fingerprint density at radius 3 is 2.56 bits per heavy atom. The maximum absolute atomic E-state index is 13.4. The number of hydrogen-bond donors (Lipinski definition) is 3. The van der Waals surface area contributed by atoms with Gasteiger partial charge < -0.3 is 29.9 Å². The molecule has 0 saturated heterocycles. The van der Waals surface area contributed by atoms with Crippen molar-refractivity contribution in [2.24, 2.45) is 0 Å². The van der Waals surface area contributed by atoms with Crippen molar-refractivity contribution in [3.8, 4) is 5.75 Å². The lowest BCUT2D eigenvalue weighted by molar-refractivity contribution is 0.0901. The predicted octanol–water partition coefficient (Wildman–Crippen LogP) is 1.87. The second-order valence-corrected chi connectivity index (χ2v) is 8.65. The van der Waals surface area contributed by atoms with Gasteiger partial charge in [0.05, 0.1) is 12.1 Å². The molecular formula is C25H30FN5O5. The van der Waals surface area contributed by atoms with Gasteiger partial charge in [0.1, 0.15) is 16.9 Å². The van der Waals surface area contributed by atoms with Crippen molar-refractivity contribution >= 4 is 23.0 Å². The number of halogens is 1. The Labute approximate surface area is 207 Å². The van der Waals surface area contributed by atoms with Crippen LogP contribution in [0.2, 0.25) is 0 Å². The van der Waals surface area contributed by atoms with E-state index in [4.69, 9.17) is 4.74 Å². The number of urea groups is 1. The molecule has 3 amide bonds. The van der Waals surface area contributed by atoms with Gasteiger partial charge in [0.15, 0.2) is 5.75 Å². The molecule has 3 N–H and O–H groups in total. The van der Waals surface area contributed by atoms with Crippen molar-refractivity contribution in [3.63, 3.8) is 0 Å². The highest BCUT2D eigenvalue weighted by molar-refractivity contribution is 6.01. The minimum atomic E-state index is -0.757. The third kappa shape index (κ3) is 6.16. The van der Waals surface area contributed by atoms with Gasteiger partial charge >= 0.3 is 6.03 Å². The van der Waals surface area contributed by atoms with Crippen molar-refractivity contribution < 1.29 is 23.8 Å². The Bertz CT molecular complexity index is 1310. The van der Waals surface area contributed by atoms with Crippen molar-refractivity contribution in [2.45, 2.75) is 25.9 Å². The molecule has 1 atom stereocenters. The highest BCUT2D eigenvalue weighted by Gasteiger charge is 2.24. The van der Waals surface area contributed by atoms with Crippen LogP contribution in [-0.4, -0.2) is 71.9 Å². The van der Waals surface area contributed by atoms with Gasteiger partial charge in [-0.05, 0) is 42.7 Å². The van der Waals surface area contributed by atoms with Crippen LogP contribution < -0.4 is 16.2 Å². The van der Waals surface area contributed by atoms with Crippen LogP contribution >= 0.6 is 0 Å². The van der Waals surface area contributed by atoms with Crippen LogP contribution in [0.3, 0.4) is 0 Å². The smallest absolute Gasteiger partial charge is 0.316 e. The molecule has 3 aromatic rings. The average Bonchev–Trinajstić information content (AvgIpc) is 2.82. The summed E-state index contributed by atoms with van der Waals surface area (Å²) in [6.45, 7) is 2.05. The van der Waals surface area contributed by atoms with E-state index in [1.807, 2.05) is 0 Å².